The molecule has 0 aliphatic carbocycles. The van der Waals surface area contributed by atoms with Crippen molar-refractivity contribution in [1.82, 2.24) is 0 Å². The van der Waals surface area contributed by atoms with E-state index in [1.165, 1.54) is 32.0 Å². The molecular formula is C26H21FO5. The van der Waals surface area contributed by atoms with Gasteiger partial charge in [-0.1, -0.05) is 49.0 Å². The topological polar surface area (TPSA) is 54.0 Å². The van der Waals surface area contributed by atoms with E-state index in [9.17, 15) is 9.18 Å². The fraction of sp³-hybridized carbons (Fsp3) is 0.0385. The van der Waals surface area contributed by atoms with Crippen LogP contribution < -0.4 is 9.47 Å². The van der Waals surface area contributed by atoms with Crippen molar-refractivity contribution in [2.75, 3.05) is 7.11 Å². The number of carbonyl (C=O) groups is 1. The highest BCUT2D eigenvalue weighted by molar-refractivity contribution is 5.81. The second kappa shape index (κ2) is 11.2. The third kappa shape index (κ3) is 6.09. The highest BCUT2D eigenvalue weighted by Crippen LogP contribution is 2.29. The Morgan fingerprint density at radius 2 is 1.34 bits per heavy atom. The minimum absolute atomic E-state index is 0.120. The number of ether oxygens (including phenoxy) is 4. The third-order valence-electron chi connectivity index (χ3n) is 4.33. The average molecular weight is 432 g/mol. The molecule has 0 aromatic heterocycles. The van der Waals surface area contributed by atoms with E-state index in [2.05, 4.69) is 11.3 Å². The molecule has 32 heavy (non-hydrogen) atoms. The number of carbonyl (C=O) groups excluding carboxylic acids is 1. The van der Waals surface area contributed by atoms with Gasteiger partial charge in [0.2, 0.25) is 0 Å². The van der Waals surface area contributed by atoms with E-state index in [4.69, 9.17) is 14.2 Å². The van der Waals surface area contributed by atoms with Gasteiger partial charge in [0, 0.05) is 6.08 Å². The molecule has 0 atom stereocenters. The first-order valence-corrected chi connectivity index (χ1v) is 9.60. The Hall–Kier alpha value is -4.32. The number of methoxy groups -OCH3 is 1. The van der Waals surface area contributed by atoms with Gasteiger partial charge in [-0.3, -0.25) is 0 Å². The molecule has 3 aromatic rings. The highest BCUT2D eigenvalue weighted by atomic mass is 19.1. The summed E-state index contributed by atoms with van der Waals surface area (Å²) in [5, 5.41) is 0. The van der Waals surface area contributed by atoms with Gasteiger partial charge in [-0.05, 0) is 46.5 Å². The summed E-state index contributed by atoms with van der Waals surface area (Å²) in [4.78, 5) is 10.9. The zero-order valence-corrected chi connectivity index (χ0v) is 17.4. The lowest BCUT2D eigenvalue weighted by molar-refractivity contribution is -0.132. The van der Waals surface area contributed by atoms with Crippen LogP contribution in [-0.2, 0) is 14.3 Å². The number of hydrogen-bond acceptors (Lipinski definition) is 5. The van der Waals surface area contributed by atoms with Gasteiger partial charge in [0.05, 0.1) is 7.11 Å². The van der Waals surface area contributed by atoms with E-state index < -0.39 is 11.8 Å². The standard InChI is InChI=1S/C26H21FO5/c1-3-26(28)32-17-16-30-23-11-8-20(9-12-23)19-4-6-21(7-5-19)22-10-13-25(24(27)18-22)31-15-14-29-2/h3-18H,1H2,2H3/b15-14-,17-16-. The molecule has 0 amide bonds. The van der Waals surface area contributed by atoms with Crippen LogP contribution in [0.4, 0.5) is 4.39 Å². The van der Waals surface area contributed by atoms with Crippen molar-refractivity contribution >= 4 is 5.97 Å². The van der Waals surface area contributed by atoms with Crippen LogP contribution in [0.3, 0.4) is 0 Å². The summed E-state index contributed by atoms with van der Waals surface area (Å²) in [6.07, 6.45) is 6.08. The smallest absolute Gasteiger partial charge is 0.335 e. The fourth-order valence-electron chi connectivity index (χ4n) is 2.76. The van der Waals surface area contributed by atoms with Crippen molar-refractivity contribution in [3.63, 3.8) is 0 Å². The molecule has 0 heterocycles. The SMILES string of the molecule is C=CC(=O)O/C=C\Oc1ccc(-c2ccc(-c3ccc(O/C=C\OC)c(F)c3)cc2)cc1. The number of benzene rings is 3. The quantitative estimate of drug-likeness (QED) is 0.228. The lowest BCUT2D eigenvalue weighted by Gasteiger charge is -2.08. The highest BCUT2D eigenvalue weighted by Gasteiger charge is 2.07. The normalized spacial score (nSPS) is 10.8. The lowest BCUT2D eigenvalue weighted by Crippen LogP contribution is -1.93. The lowest BCUT2D eigenvalue weighted by atomic mass is 10.00. The Kier molecular flexibility index (Phi) is 7.81. The van der Waals surface area contributed by atoms with Crippen LogP contribution in [0.5, 0.6) is 11.5 Å². The molecule has 0 saturated heterocycles. The number of rotatable bonds is 9. The van der Waals surface area contributed by atoms with Crippen molar-refractivity contribution < 1.29 is 28.1 Å². The van der Waals surface area contributed by atoms with E-state index in [1.54, 1.807) is 24.3 Å². The summed E-state index contributed by atoms with van der Waals surface area (Å²) < 4.78 is 34.2. The Morgan fingerprint density at radius 1 is 0.781 bits per heavy atom. The summed E-state index contributed by atoms with van der Waals surface area (Å²) in [6, 6.07) is 20.0. The Bertz CT molecular complexity index is 1120. The molecule has 5 nitrogen and oxygen atoms in total. The molecule has 6 heteroatoms. The molecule has 0 aliphatic rings. The Balaban J connectivity index is 1.65. The van der Waals surface area contributed by atoms with E-state index in [0.717, 1.165) is 34.6 Å². The second-order valence-electron chi connectivity index (χ2n) is 6.40. The van der Waals surface area contributed by atoms with Crippen molar-refractivity contribution in [3.05, 3.63) is 110 Å². The molecule has 0 N–H and O–H groups in total. The van der Waals surface area contributed by atoms with Crippen molar-refractivity contribution in [3.8, 4) is 33.8 Å². The first-order valence-electron chi connectivity index (χ1n) is 9.60. The van der Waals surface area contributed by atoms with Gasteiger partial charge in [0.1, 0.15) is 30.8 Å². The molecule has 0 aliphatic heterocycles. The van der Waals surface area contributed by atoms with Crippen LogP contribution in [-0.4, -0.2) is 13.1 Å². The van der Waals surface area contributed by atoms with E-state index in [-0.39, 0.29) is 5.75 Å². The van der Waals surface area contributed by atoms with Gasteiger partial charge in [-0.2, -0.15) is 0 Å². The van der Waals surface area contributed by atoms with Crippen molar-refractivity contribution in [2.45, 2.75) is 0 Å². The maximum Gasteiger partial charge on any atom is 0.335 e. The summed E-state index contributed by atoms with van der Waals surface area (Å²) in [5.74, 6) is -0.310. The maximum absolute atomic E-state index is 14.3. The molecule has 0 radical (unpaired) electrons. The molecule has 0 fully saturated rings. The average Bonchev–Trinajstić information content (AvgIpc) is 2.83. The summed E-state index contributed by atoms with van der Waals surface area (Å²) in [5.41, 5.74) is 3.61. The molecule has 0 spiro atoms. The minimum atomic E-state index is -0.560. The van der Waals surface area contributed by atoms with Crippen LogP contribution in [0.2, 0.25) is 0 Å². The monoisotopic (exact) mass is 432 g/mol. The Labute approximate surface area is 185 Å². The molecule has 3 aromatic carbocycles. The molecule has 3 rings (SSSR count). The van der Waals surface area contributed by atoms with E-state index in [1.807, 2.05) is 36.4 Å². The van der Waals surface area contributed by atoms with Crippen LogP contribution in [0.25, 0.3) is 22.3 Å². The largest absolute Gasteiger partial charge is 0.501 e. The molecule has 0 saturated carbocycles. The fourth-order valence-corrected chi connectivity index (χ4v) is 2.76. The molecule has 0 bridgehead atoms. The molecular weight excluding hydrogens is 411 g/mol. The first kappa shape index (κ1) is 22.4. The van der Waals surface area contributed by atoms with Crippen LogP contribution >= 0.6 is 0 Å². The van der Waals surface area contributed by atoms with E-state index in [0.29, 0.717) is 5.75 Å². The summed E-state index contributed by atoms with van der Waals surface area (Å²) >= 11 is 0. The van der Waals surface area contributed by atoms with Crippen molar-refractivity contribution in [1.29, 1.82) is 0 Å². The summed E-state index contributed by atoms with van der Waals surface area (Å²) in [7, 11) is 1.48. The number of halogens is 1. The van der Waals surface area contributed by atoms with Gasteiger partial charge in [0.15, 0.2) is 11.6 Å². The van der Waals surface area contributed by atoms with Gasteiger partial charge >= 0.3 is 5.97 Å². The van der Waals surface area contributed by atoms with Crippen molar-refractivity contribution in [2.24, 2.45) is 0 Å². The van der Waals surface area contributed by atoms with Gasteiger partial charge in [-0.25, -0.2) is 9.18 Å². The third-order valence-corrected chi connectivity index (χ3v) is 4.33. The van der Waals surface area contributed by atoms with E-state index >= 15 is 0 Å². The Morgan fingerprint density at radius 3 is 1.94 bits per heavy atom. The van der Waals surface area contributed by atoms with Crippen LogP contribution in [0, 0.1) is 5.82 Å². The van der Waals surface area contributed by atoms with Crippen LogP contribution in [0.1, 0.15) is 0 Å². The summed E-state index contributed by atoms with van der Waals surface area (Å²) in [6.45, 7) is 3.30. The zero-order valence-electron chi connectivity index (χ0n) is 17.4. The predicted molar refractivity (Wildman–Crippen MR) is 120 cm³/mol. The zero-order chi connectivity index (χ0) is 22.8. The molecule has 162 valence electrons. The number of esters is 1. The minimum Gasteiger partial charge on any atom is -0.501 e. The van der Waals surface area contributed by atoms with Gasteiger partial charge < -0.3 is 18.9 Å². The molecule has 0 unspecified atom stereocenters. The second-order valence-corrected chi connectivity index (χ2v) is 6.40. The maximum atomic E-state index is 14.3. The van der Waals surface area contributed by atoms with Gasteiger partial charge in [0.25, 0.3) is 0 Å². The first-order chi connectivity index (χ1) is 15.6. The van der Waals surface area contributed by atoms with Gasteiger partial charge in [-0.15, -0.1) is 0 Å². The predicted octanol–water partition coefficient (Wildman–Crippen LogP) is 6.24. The number of hydrogen-bond donors (Lipinski definition) is 0. The van der Waals surface area contributed by atoms with Crippen LogP contribution in [0.15, 0.2) is 104 Å².